The number of likely N-dealkylation sites (tertiary alicyclic amines) is 1. The maximum Gasteiger partial charge on any atom is 0.233 e. The molecule has 0 unspecified atom stereocenters. The van der Waals surface area contributed by atoms with Crippen molar-refractivity contribution in [3.63, 3.8) is 0 Å². The molecule has 0 atom stereocenters. The molecule has 7 heteroatoms. The fourth-order valence-corrected chi connectivity index (χ4v) is 3.44. The van der Waals surface area contributed by atoms with E-state index in [0.717, 1.165) is 25.9 Å². The molecule has 0 bridgehead atoms. The van der Waals surface area contributed by atoms with Crippen molar-refractivity contribution >= 4 is 17.7 Å². The Labute approximate surface area is 138 Å². The zero-order valence-electron chi connectivity index (χ0n) is 13.0. The van der Waals surface area contributed by atoms with E-state index in [1.165, 1.54) is 24.2 Å². The van der Waals surface area contributed by atoms with Crippen molar-refractivity contribution in [3.05, 3.63) is 36.4 Å². The lowest BCUT2D eigenvalue weighted by Gasteiger charge is -2.30. The number of benzene rings is 1. The second kappa shape index (κ2) is 7.12. The summed E-state index contributed by atoms with van der Waals surface area (Å²) in [4.78, 5) is 14.2. The number of aromatic nitrogens is 3. The Kier molecular flexibility index (Phi) is 4.95. The van der Waals surface area contributed by atoms with Crippen LogP contribution >= 0.6 is 11.8 Å². The van der Waals surface area contributed by atoms with Crippen LogP contribution in [0.15, 0.2) is 35.7 Å². The lowest BCUT2D eigenvalue weighted by atomic mass is 9.99. The third kappa shape index (κ3) is 3.72. The molecule has 122 valence electrons. The second-order valence-corrected chi connectivity index (χ2v) is 6.73. The van der Waals surface area contributed by atoms with Gasteiger partial charge in [0.25, 0.3) is 0 Å². The highest BCUT2D eigenvalue weighted by molar-refractivity contribution is 7.99. The van der Waals surface area contributed by atoms with E-state index in [1.54, 1.807) is 22.8 Å². The molecule has 0 radical (unpaired) electrons. The number of carbonyl (C=O) groups is 1. The predicted octanol–water partition coefficient (Wildman–Crippen LogP) is 2.76. The van der Waals surface area contributed by atoms with E-state index in [1.807, 2.05) is 4.90 Å². The number of rotatable bonds is 4. The molecule has 2 heterocycles. The summed E-state index contributed by atoms with van der Waals surface area (Å²) >= 11 is 1.29. The highest BCUT2D eigenvalue weighted by Crippen LogP contribution is 2.23. The number of thioether (sulfide) groups is 1. The van der Waals surface area contributed by atoms with E-state index >= 15 is 0 Å². The number of amides is 1. The largest absolute Gasteiger partial charge is 0.342 e. The van der Waals surface area contributed by atoms with Crippen molar-refractivity contribution in [1.29, 1.82) is 0 Å². The molecule has 1 aliphatic rings. The Morgan fingerprint density at radius 2 is 2.09 bits per heavy atom. The molecule has 1 aromatic carbocycles. The van der Waals surface area contributed by atoms with Crippen LogP contribution in [0, 0.1) is 11.7 Å². The molecular weight excluding hydrogens is 315 g/mol. The standard InChI is InChI=1S/C16H19FN4OS/c1-12-6-8-20(9-7-12)15(22)10-23-16-19-18-11-21(16)14-5-3-2-4-13(14)17/h2-5,11-12H,6-10H2,1H3. The number of halogens is 1. The molecule has 3 rings (SSSR count). The van der Waals surface area contributed by atoms with Gasteiger partial charge in [-0.15, -0.1) is 10.2 Å². The molecular formula is C16H19FN4OS. The first-order chi connectivity index (χ1) is 11.1. The predicted molar refractivity (Wildman–Crippen MR) is 87.0 cm³/mol. The van der Waals surface area contributed by atoms with Gasteiger partial charge < -0.3 is 4.90 Å². The van der Waals surface area contributed by atoms with E-state index in [2.05, 4.69) is 17.1 Å². The van der Waals surface area contributed by atoms with E-state index in [0.29, 0.717) is 22.5 Å². The summed E-state index contributed by atoms with van der Waals surface area (Å²) in [6, 6.07) is 6.45. The molecule has 1 fully saturated rings. The highest BCUT2D eigenvalue weighted by Gasteiger charge is 2.21. The fraction of sp³-hybridized carbons (Fsp3) is 0.438. The molecule has 1 aliphatic heterocycles. The molecule has 1 saturated heterocycles. The van der Waals surface area contributed by atoms with Crippen LogP contribution in [0.2, 0.25) is 0 Å². The van der Waals surface area contributed by atoms with Crippen LogP contribution in [0.4, 0.5) is 4.39 Å². The summed E-state index contributed by atoms with van der Waals surface area (Å²) in [5, 5.41) is 8.36. The van der Waals surface area contributed by atoms with Crippen LogP contribution in [-0.2, 0) is 4.79 Å². The quantitative estimate of drug-likeness (QED) is 0.807. The van der Waals surface area contributed by atoms with Gasteiger partial charge in [0.1, 0.15) is 12.1 Å². The molecule has 0 saturated carbocycles. The third-order valence-corrected chi connectivity index (χ3v) is 5.02. The minimum atomic E-state index is -0.342. The lowest BCUT2D eigenvalue weighted by Crippen LogP contribution is -2.38. The Morgan fingerprint density at radius 3 is 2.83 bits per heavy atom. The summed E-state index contributed by atoms with van der Waals surface area (Å²) in [6.07, 6.45) is 3.58. The Morgan fingerprint density at radius 1 is 1.35 bits per heavy atom. The minimum absolute atomic E-state index is 0.102. The number of carbonyl (C=O) groups excluding carboxylic acids is 1. The molecule has 0 N–H and O–H groups in total. The van der Waals surface area contributed by atoms with Crippen LogP contribution < -0.4 is 0 Å². The molecule has 0 aliphatic carbocycles. The third-order valence-electron chi connectivity index (χ3n) is 4.09. The van der Waals surface area contributed by atoms with Crippen molar-refractivity contribution in [2.75, 3.05) is 18.8 Å². The highest BCUT2D eigenvalue weighted by atomic mass is 32.2. The lowest BCUT2D eigenvalue weighted by molar-refractivity contribution is -0.129. The summed E-state index contributed by atoms with van der Waals surface area (Å²) in [5.74, 6) is 0.743. The summed E-state index contributed by atoms with van der Waals surface area (Å²) in [6.45, 7) is 3.86. The summed E-state index contributed by atoms with van der Waals surface area (Å²) < 4.78 is 15.5. The normalized spacial score (nSPS) is 15.8. The average molecular weight is 334 g/mol. The average Bonchev–Trinajstić information content (AvgIpc) is 3.02. The number of hydrogen-bond acceptors (Lipinski definition) is 4. The Balaban J connectivity index is 1.65. The maximum atomic E-state index is 13.9. The monoisotopic (exact) mass is 334 g/mol. The molecule has 2 aromatic rings. The van der Waals surface area contributed by atoms with E-state index < -0.39 is 0 Å². The van der Waals surface area contributed by atoms with Gasteiger partial charge in [0.05, 0.1) is 11.4 Å². The van der Waals surface area contributed by atoms with Gasteiger partial charge in [-0.25, -0.2) is 4.39 Å². The molecule has 1 amide bonds. The van der Waals surface area contributed by atoms with Crippen LogP contribution in [0.3, 0.4) is 0 Å². The first kappa shape index (κ1) is 16.0. The smallest absolute Gasteiger partial charge is 0.233 e. The first-order valence-electron chi connectivity index (χ1n) is 7.70. The van der Waals surface area contributed by atoms with Crippen molar-refractivity contribution in [2.45, 2.75) is 24.9 Å². The number of para-hydroxylation sites is 1. The zero-order chi connectivity index (χ0) is 16.2. The van der Waals surface area contributed by atoms with Gasteiger partial charge in [0.15, 0.2) is 5.16 Å². The van der Waals surface area contributed by atoms with Crippen LogP contribution in [0.1, 0.15) is 19.8 Å². The van der Waals surface area contributed by atoms with Gasteiger partial charge in [-0.05, 0) is 30.9 Å². The Hall–Kier alpha value is -1.89. The maximum absolute atomic E-state index is 13.9. The van der Waals surface area contributed by atoms with E-state index in [4.69, 9.17) is 0 Å². The number of piperidine rings is 1. The van der Waals surface area contributed by atoms with Gasteiger partial charge in [0.2, 0.25) is 5.91 Å². The van der Waals surface area contributed by atoms with E-state index in [9.17, 15) is 9.18 Å². The first-order valence-corrected chi connectivity index (χ1v) is 8.69. The van der Waals surface area contributed by atoms with Crippen LogP contribution in [-0.4, -0.2) is 44.4 Å². The fourth-order valence-electron chi connectivity index (χ4n) is 2.61. The van der Waals surface area contributed by atoms with Gasteiger partial charge >= 0.3 is 0 Å². The van der Waals surface area contributed by atoms with Crippen molar-refractivity contribution in [1.82, 2.24) is 19.7 Å². The zero-order valence-corrected chi connectivity index (χ0v) is 13.8. The molecule has 0 spiro atoms. The van der Waals surface area contributed by atoms with Gasteiger partial charge in [-0.1, -0.05) is 30.8 Å². The van der Waals surface area contributed by atoms with E-state index in [-0.39, 0.29) is 11.7 Å². The van der Waals surface area contributed by atoms with Crippen molar-refractivity contribution in [2.24, 2.45) is 5.92 Å². The summed E-state index contributed by atoms with van der Waals surface area (Å²) in [7, 11) is 0. The molecule has 5 nitrogen and oxygen atoms in total. The minimum Gasteiger partial charge on any atom is -0.342 e. The van der Waals surface area contributed by atoms with Gasteiger partial charge in [-0.2, -0.15) is 0 Å². The number of hydrogen-bond donors (Lipinski definition) is 0. The Bertz CT molecular complexity index is 682. The molecule has 23 heavy (non-hydrogen) atoms. The van der Waals surface area contributed by atoms with Crippen molar-refractivity contribution < 1.29 is 9.18 Å². The topological polar surface area (TPSA) is 51.0 Å². The molecule has 1 aromatic heterocycles. The van der Waals surface area contributed by atoms with Crippen molar-refractivity contribution in [3.8, 4) is 5.69 Å². The van der Waals surface area contributed by atoms with Crippen LogP contribution in [0.25, 0.3) is 5.69 Å². The number of nitrogens with zero attached hydrogens (tertiary/aromatic N) is 4. The van der Waals surface area contributed by atoms with Gasteiger partial charge in [-0.3, -0.25) is 9.36 Å². The summed E-state index contributed by atoms with van der Waals surface area (Å²) in [5.41, 5.74) is 0.388. The SMILES string of the molecule is CC1CCN(C(=O)CSc2nncn2-c2ccccc2F)CC1. The van der Waals surface area contributed by atoms with Gasteiger partial charge in [0, 0.05) is 13.1 Å². The second-order valence-electron chi connectivity index (χ2n) is 5.79. The van der Waals surface area contributed by atoms with Crippen LogP contribution in [0.5, 0.6) is 0 Å².